The van der Waals surface area contributed by atoms with E-state index >= 15 is 0 Å². The highest BCUT2D eigenvalue weighted by atomic mass is 32.1. The number of carboxylic acids is 1. The number of carbonyl (C=O) groups excluding carboxylic acids is 1. The summed E-state index contributed by atoms with van der Waals surface area (Å²) in [5.74, 6) is -1.85. The van der Waals surface area contributed by atoms with Gasteiger partial charge < -0.3 is 15.2 Å². The number of benzene rings is 1. The number of hydrazine groups is 2. The van der Waals surface area contributed by atoms with Crippen LogP contribution in [0.4, 0.5) is 18.3 Å². The van der Waals surface area contributed by atoms with Crippen LogP contribution in [-0.4, -0.2) is 57.2 Å². The number of rotatable bonds is 10. The topological polar surface area (TPSA) is 120 Å². The Hall–Kier alpha value is -3.39. The number of aromatic nitrogens is 2. The zero-order valence-electron chi connectivity index (χ0n) is 17.4. The minimum absolute atomic E-state index is 0.146. The van der Waals surface area contributed by atoms with E-state index in [9.17, 15) is 22.8 Å². The van der Waals surface area contributed by atoms with Crippen molar-refractivity contribution in [2.45, 2.75) is 32.0 Å². The molecule has 1 aliphatic rings. The molecule has 178 valence electrons. The lowest BCUT2D eigenvalue weighted by Gasteiger charge is -2.19. The Morgan fingerprint density at radius 1 is 1.27 bits per heavy atom. The molecule has 0 spiro atoms. The van der Waals surface area contributed by atoms with E-state index in [1.807, 2.05) is 0 Å². The summed E-state index contributed by atoms with van der Waals surface area (Å²) in [4.78, 5) is 23.2. The molecule has 0 aliphatic carbocycles. The van der Waals surface area contributed by atoms with Gasteiger partial charge in [-0.3, -0.25) is 14.8 Å². The number of aliphatic carboxylic acids is 1. The van der Waals surface area contributed by atoms with E-state index in [0.717, 1.165) is 30.0 Å². The normalized spacial score (nSPS) is 13.8. The van der Waals surface area contributed by atoms with E-state index in [-0.39, 0.29) is 12.1 Å². The van der Waals surface area contributed by atoms with Crippen LogP contribution in [-0.2, 0) is 22.4 Å². The molecule has 1 aliphatic heterocycles. The van der Waals surface area contributed by atoms with Crippen LogP contribution in [0.5, 0.6) is 5.75 Å². The highest BCUT2D eigenvalue weighted by molar-refractivity contribution is 7.15. The molecule has 1 amide bonds. The van der Waals surface area contributed by atoms with Gasteiger partial charge in [0.25, 0.3) is 0 Å². The molecule has 2 aromatic rings. The predicted molar refractivity (Wildman–Crippen MR) is 112 cm³/mol. The summed E-state index contributed by atoms with van der Waals surface area (Å²) in [5, 5.41) is 23.7. The number of carbonyl (C=O) groups is 2. The van der Waals surface area contributed by atoms with E-state index in [2.05, 4.69) is 25.8 Å². The molecule has 1 aromatic heterocycles. The second kappa shape index (κ2) is 10.5. The number of amides is 1. The summed E-state index contributed by atoms with van der Waals surface area (Å²) >= 11 is 1.22. The van der Waals surface area contributed by atoms with Crippen molar-refractivity contribution in [1.29, 1.82) is 0 Å². The number of hydrogen-bond donors (Lipinski definition) is 3. The molecular weight excluding hydrogens is 465 g/mol. The number of alkyl halides is 3. The number of carboxylic acid groups (broad SMARTS) is 1. The quantitative estimate of drug-likeness (QED) is 0.435. The van der Waals surface area contributed by atoms with Crippen molar-refractivity contribution in [2.75, 3.05) is 18.9 Å². The first-order valence-corrected chi connectivity index (χ1v) is 10.6. The highest BCUT2D eigenvalue weighted by Crippen LogP contribution is 2.24. The molecule has 14 heteroatoms. The van der Waals surface area contributed by atoms with Gasteiger partial charge in [-0.1, -0.05) is 23.5 Å². The van der Waals surface area contributed by atoms with Gasteiger partial charge in [0.1, 0.15) is 10.8 Å². The Morgan fingerprint density at radius 2 is 2.06 bits per heavy atom. The van der Waals surface area contributed by atoms with E-state index in [1.165, 1.54) is 34.7 Å². The molecule has 1 aromatic carbocycles. The van der Waals surface area contributed by atoms with Crippen molar-refractivity contribution < 1.29 is 32.6 Å². The monoisotopic (exact) mass is 486 g/mol. The third kappa shape index (κ3) is 7.61. The van der Waals surface area contributed by atoms with Crippen LogP contribution in [0.2, 0.25) is 0 Å². The first-order chi connectivity index (χ1) is 15.6. The average Bonchev–Trinajstić information content (AvgIpc) is 3.30. The number of halogens is 3. The number of anilines is 1. The maximum Gasteiger partial charge on any atom is 0.573 e. The lowest BCUT2D eigenvalue weighted by Crippen LogP contribution is -2.39. The average molecular weight is 486 g/mol. The third-order valence-electron chi connectivity index (χ3n) is 4.39. The molecule has 3 rings (SSSR count). The minimum Gasteiger partial charge on any atom is -0.476 e. The fourth-order valence-corrected chi connectivity index (χ4v) is 3.79. The van der Waals surface area contributed by atoms with Crippen LogP contribution in [0.1, 0.15) is 23.4 Å². The first kappa shape index (κ1) is 24.3. The summed E-state index contributed by atoms with van der Waals surface area (Å²) < 4.78 is 40.8. The van der Waals surface area contributed by atoms with Crippen molar-refractivity contribution in [3.63, 3.8) is 0 Å². The van der Waals surface area contributed by atoms with Crippen LogP contribution in [0.3, 0.4) is 0 Å². The lowest BCUT2D eigenvalue weighted by atomic mass is 10.1. The Labute approximate surface area is 190 Å². The molecule has 10 nitrogen and oxygen atoms in total. The lowest BCUT2D eigenvalue weighted by molar-refractivity contribution is -0.274. The van der Waals surface area contributed by atoms with Gasteiger partial charge >= 0.3 is 12.3 Å². The summed E-state index contributed by atoms with van der Waals surface area (Å²) in [6.45, 7) is 0.598. The number of nitrogens with zero attached hydrogens (tertiary/aromatic N) is 4. The van der Waals surface area contributed by atoms with Crippen molar-refractivity contribution in [3.05, 3.63) is 46.7 Å². The van der Waals surface area contributed by atoms with Crippen molar-refractivity contribution >= 4 is 28.3 Å². The maximum atomic E-state index is 12.3. The van der Waals surface area contributed by atoms with E-state index in [1.54, 1.807) is 12.1 Å². The second-order valence-corrected chi connectivity index (χ2v) is 8.11. The van der Waals surface area contributed by atoms with E-state index < -0.39 is 24.0 Å². The Balaban J connectivity index is 1.41. The zero-order chi connectivity index (χ0) is 24.0. The molecule has 33 heavy (non-hydrogen) atoms. The van der Waals surface area contributed by atoms with Crippen molar-refractivity contribution in [1.82, 2.24) is 25.7 Å². The minimum atomic E-state index is -4.80. The predicted octanol–water partition coefficient (Wildman–Crippen LogP) is 2.53. The molecule has 0 radical (unpaired) electrons. The SMILES string of the molecule is CN1NN(CCCCc2nnc(NC(=O)Cc3cccc(OC(F)(F)F)c3)s2)C=C1C(=O)O. The largest absolute Gasteiger partial charge is 0.573 e. The fraction of sp³-hybridized carbons (Fsp3) is 0.368. The van der Waals surface area contributed by atoms with Gasteiger partial charge in [-0.15, -0.1) is 28.9 Å². The van der Waals surface area contributed by atoms with Crippen LogP contribution >= 0.6 is 11.3 Å². The summed E-state index contributed by atoms with van der Waals surface area (Å²) in [6.07, 6.45) is -1.26. The van der Waals surface area contributed by atoms with Crippen LogP contribution in [0, 0.1) is 0 Å². The standard InChI is InChI=1S/C19H21F3N6O4S/c1-27-14(17(30)31)11-28(26-27)8-3-2-7-16-24-25-18(33-16)23-15(29)10-12-5-4-6-13(9-12)32-19(20,21)22/h4-6,9,11,26H,2-3,7-8,10H2,1H3,(H,30,31)(H,23,25,29). The van der Waals surface area contributed by atoms with Crippen LogP contribution < -0.4 is 15.6 Å². The number of ether oxygens (including phenoxy) is 1. The van der Waals surface area contributed by atoms with Gasteiger partial charge in [0, 0.05) is 26.2 Å². The van der Waals surface area contributed by atoms with Gasteiger partial charge in [0.15, 0.2) is 5.70 Å². The highest BCUT2D eigenvalue weighted by Gasteiger charge is 2.31. The summed E-state index contributed by atoms with van der Waals surface area (Å²) in [6, 6.07) is 5.21. The maximum absolute atomic E-state index is 12.3. The number of hydrogen-bond acceptors (Lipinski definition) is 9. The number of likely N-dealkylation sites (N-methyl/N-ethyl adjacent to an activating group) is 1. The van der Waals surface area contributed by atoms with Gasteiger partial charge in [0.2, 0.25) is 11.0 Å². The number of nitrogens with one attached hydrogen (secondary N) is 2. The molecule has 0 bridgehead atoms. The Kier molecular flexibility index (Phi) is 7.71. The molecule has 2 heterocycles. The van der Waals surface area contributed by atoms with Gasteiger partial charge in [-0.2, -0.15) is 0 Å². The summed E-state index contributed by atoms with van der Waals surface area (Å²) in [5.41, 5.74) is 3.41. The smallest absolute Gasteiger partial charge is 0.476 e. The van der Waals surface area contributed by atoms with Gasteiger partial charge in [-0.25, -0.2) is 4.79 Å². The third-order valence-corrected chi connectivity index (χ3v) is 5.29. The fourth-order valence-electron chi connectivity index (χ4n) is 2.99. The number of unbranched alkanes of at least 4 members (excludes halogenated alkanes) is 1. The van der Waals surface area contributed by atoms with Crippen molar-refractivity contribution in [2.24, 2.45) is 0 Å². The van der Waals surface area contributed by atoms with Crippen LogP contribution in [0.25, 0.3) is 0 Å². The molecule has 0 fully saturated rings. The molecule has 0 saturated carbocycles. The number of aryl methyl sites for hydroxylation is 1. The first-order valence-electron chi connectivity index (χ1n) is 9.78. The second-order valence-electron chi connectivity index (χ2n) is 7.05. The molecule has 0 unspecified atom stereocenters. The van der Waals surface area contributed by atoms with Crippen LogP contribution in [0.15, 0.2) is 36.2 Å². The Bertz CT molecular complexity index is 1030. The molecule has 0 atom stereocenters. The van der Waals surface area contributed by atoms with E-state index in [4.69, 9.17) is 5.11 Å². The van der Waals surface area contributed by atoms with Gasteiger partial charge in [-0.05, 0) is 30.5 Å². The zero-order valence-corrected chi connectivity index (χ0v) is 18.2. The van der Waals surface area contributed by atoms with Gasteiger partial charge in [0.05, 0.1) is 6.42 Å². The summed E-state index contributed by atoms with van der Waals surface area (Å²) in [7, 11) is 1.62. The van der Waals surface area contributed by atoms with E-state index in [0.29, 0.717) is 23.7 Å². The Morgan fingerprint density at radius 3 is 2.76 bits per heavy atom. The van der Waals surface area contributed by atoms with Crippen molar-refractivity contribution in [3.8, 4) is 5.75 Å². The molecular formula is C19H21F3N6O4S. The molecule has 0 saturated heterocycles. The molecule has 3 N–H and O–H groups in total.